The van der Waals surface area contributed by atoms with Crippen molar-refractivity contribution < 1.29 is 4.79 Å². The molecule has 1 amide bonds. The van der Waals surface area contributed by atoms with Gasteiger partial charge in [-0.1, -0.05) is 11.6 Å². The molecule has 2 aromatic heterocycles. The molecule has 0 atom stereocenters. The van der Waals surface area contributed by atoms with Gasteiger partial charge in [-0.25, -0.2) is 4.98 Å². The van der Waals surface area contributed by atoms with Crippen molar-refractivity contribution in [1.29, 1.82) is 0 Å². The van der Waals surface area contributed by atoms with Gasteiger partial charge in [-0.2, -0.15) is 0 Å². The van der Waals surface area contributed by atoms with E-state index in [0.717, 1.165) is 58.7 Å². The molecule has 5 nitrogen and oxygen atoms in total. The number of benzene rings is 1. The summed E-state index contributed by atoms with van der Waals surface area (Å²) in [6, 6.07) is 10.3. The largest absolute Gasteiger partial charge is 0.350 e. The Balaban J connectivity index is 1.42. The molecule has 0 radical (unpaired) electrons. The Morgan fingerprint density at radius 3 is 2.77 bits per heavy atom. The van der Waals surface area contributed by atoms with E-state index in [1.54, 1.807) is 0 Å². The average molecular weight is 369 g/mol. The van der Waals surface area contributed by atoms with E-state index < -0.39 is 0 Å². The van der Waals surface area contributed by atoms with Gasteiger partial charge in [0.05, 0.1) is 10.4 Å². The monoisotopic (exact) mass is 368 g/mol. The quantitative estimate of drug-likeness (QED) is 0.769. The van der Waals surface area contributed by atoms with Gasteiger partial charge in [-0.05, 0) is 38.2 Å². The molecule has 1 saturated heterocycles. The van der Waals surface area contributed by atoms with Crippen molar-refractivity contribution in [3.05, 3.63) is 40.8 Å². The van der Waals surface area contributed by atoms with Crippen LogP contribution in [0.4, 0.5) is 0 Å². The topological polar surface area (TPSA) is 48.5 Å². The number of rotatable bonds is 4. The first-order chi connectivity index (χ1) is 12.6. The van der Waals surface area contributed by atoms with Crippen molar-refractivity contribution in [1.82, 2.24) is 20.1 Å². The zero-order chi connectivity index (χ0) is 18.1. The Labute approximate surface area is 157 Å². The second-order valence-corrected chi connectivity index (χ2v) is 8.12. The van der Waals surface area contributed by atoms with Crippen molar-refractivity contribution in [2.45, 2.75) is 6.92 Å². The minimum absolute atomic E-state index is 0.00219. The fourth-order valence-corrected chi connectivity index (χ4v) is 4.29. The molecule has 3 heterocycles. The number of nitrogens with zero attached hydrogens (tertiary/aromatic N) is 3. The van der Waals surface area contributed by atoms with Crippen LogP contribution in [0.1, 0.15) is 15.2 Å². The SMILES string of the molecule is Cc1ccc2nc3sc(C(=O)NCCN4CCN(C)CC4)cc3cc2c1. The van der Waals surface area contributed by atoms with E-state index in [2.05, 4.69) is 47.3 Å². The van der Waals surface area contributed by atoms with Crippen LogP contribution in [0.15, 0.2) is 30.3 Å². The van der Waals surface area contributed by atoms with E-state index in [0.29, 0.717) is 6.54 Å². The fourth-order valence-electron chi connectivity index (χ4n) is 3.35. The zero-order valence-electron chi connectivity index (χ0n) is 15.3. The van der Waals surface area contributed by atoms with Gasteiger partial charge >= 0.3 is 0 Å². The lowest BCUT2D eigenvalue weighted by Crippen LogP contribution is -2.46. The molecule has 0 saturated carbocycles. The number of carbonyl (C=O) groups excluding carboxylic acids is 1. The molecule has 0 aliphatic carbocycles. The molecule has 4 rings (SSSR count). The summed E-state index contributed by atoms with van der Waals surface area (Å²) in [5.74, 6) is 0.00219. The Bertz CT molecular complexity index is 944. The number of fused-ring (bicyclic) bond motifs is 2. The van der Waals surface area contributed by atoms with Crippen molar-refractivity contribution in [3.8, 4) is 0 Å². The summed E-state index contributed by atoms with van der Waals surface area (Å²) in [7, 11) is 2.15. The van der Waals surface area contributed by atoms with Crippen LogP contribution in [-0.2, 0) is 0 Å². The molecule has 3 aromatic rings. The number of piperazine rings is 1. The third kappa shape index (κ3) is 3.72. The second-order valence-electron chi connectivity index (χ2n) is 7.09. The Morgan fingerprint density at radius 1 is 1.15 bits per heavy atom. The second kappa shape index (κ2) is 7.31. The van der Waals surface area contributed by atoms with Crippen LogP contribution >= 0.6 is 11.3 Å². The lowest BCUT2D eigenvalue weighted by molar-refractivity contribution is 0.0945. The molecule has 136 valence electrons. The number of carbonyl (C=O) groups is 1. The van der Waals surface area contributed by atoms with Crippen LogP contribution in [0.3, 0.4) is 0 Å². The zero-order valence-corrected chi connectivity index (χ0v) is 16.1. The number of amides is 1. The van der Waals surface area contributed by atoms with E-state index in [1.807, 2.05) is 12.1 Å². The first-order valence-electron chi connectivity index (χ1n) is 9.08. The predicted octanol–water partition coefficient (Wildman–Crippen LogP) is 2.74. The van der Waals surface area contributed by atoms with E-state index in [1.165, 1.54) is 16.9 Å². The molecule has 0 unspecified atom stereocenters. The van der Waals surface area contributed by atoms with Crippen molar-refractivity contribution in [2.75, 3.05) is 46.3 Å². The Kier molecular flexibility index (Phi) is 4.89. The Morgan fingerprint density at radius 2 is 1.96 bits per heavy atom. The van der Waals surface area contributed by atoms with Gasteiger partial charge in [-0.15, -0.1) is 11.3 Å². The first-order valence-corrected chi connectivity index (χ1v) is 9.90. The maximum absolute atomic E-state index is 12.5. The highest BCUT2D eigenvalue weighted by molar-refractivity contribution is 7.20. The summed E-state index contributed by atoms with van der Waals surface area (Å²) in [5.41, 5.74) is 2.20. The standard InChI is InChI=1S/C20H24N4OS/c1-14-3-4-17-15(11-14)12-16-13-18(26-20(16)22-17)19(25)21-5-6-24-9-7-23(2)8-10-24/h3-4,11-13H,5-10H2,1-2H3,(H,21,25). The normalized spacial score (nSPS) is 16.4. The summed E-state index contributed by atoms with van der Waals surface area (Å²) < 4.78 is 0. The van der Waals surface area contributed by atoms with Crippen LogP contribution in [0, 0.1) is 6.92 Å². The number of hydrogen-bond donors (Lipinski definition) is 1. The number of pyridine rings is 1. The predicted molar refractivity (Wildman–Crippen MR) is 108 cm³/mol. The van der Waals surface area contributed by atoms with Gasteiger partial charge in [0.2, 0.25) is 0 Å². The van der Waals surface area contributed by atoms with E-state index >= 15 is 0 Å². The number of aryl methyl sites for hydroxylation is 1. The van der Waals surface area contributed by atoms with E-state index in [4.69, 9.17) is 4.98 Å². The minimum Gasteiger partial charge on any atom is -0.350 e. The van der Waals surface area contributed by atoms with Crippen molar-refractivity contribution in [3.63, 3.8) is 0 Å². The maximum Gasteiger partial charge on any atom is 0.261 e. The third-order valence-corrected chi connectivity index (χ3v) is 6.03. The van der Waals surface area contributed by atoms with Crippen LogP contribution < -0.4 is 5.32 Å². The molecule has 1 aromatic carbocycles. The number of aromatic nitrogens is 1. The summed E-state index contributed by atoms with van der Waals surface area (Å²) in [4.78, 5) is 23.6. The van der Waals surface area contributed by atoms with Gasteiger partial charge in [0, 0.05) is 50.0 Å². The smallest absolute Gasteiger partial charge is 0.261 e. The summed E-state index contributed by atoms with van der Waals surface area (Å²) in [6.45, 7) is 8.02. The number of nitrogens with one attached hydrogen (secondary N) is 1. The van der Waals surface area contributed by atoms with Gasteiger partial charge in [0.15, 0.2) is 0 Å². The maximum atomic E-state index is 12.5. The molecular formula is C20H24N4OS. The molecule has 6 heteroatoms. The molecule has 1 N–H and O–H groups in total. The number of thiophene rings is 1. The molecule has 0 spiro atoms. The van der Waals surface area contributed by atoms with E-state index in [9.17, 15) is 4.79 Å². The van der Waals surface area contributed by atoms with Crippen molar-refractivity contribution in [2.24, 2.45) is 0 Å². The van der Waals surface area contributed by atoms with Gasteiger partial charge in [0.1, 0.15) is 4.83 Å². The molecule has 1 aliphatic heterocycles. The fraction of sp³-hybridized carbons (Fsp3) is 0.400. The summed E-state index contributed by atoms with van der Waals surface area (Å²) >= 11 is 1.47. The van der Waals surface area contributed by atoms with E-state index in [-0.39, 0.29) is 5.91 Å². The highest BCUT2D eigenvalue weighted by Gasteiger charge is 2.15. The lowest BCUT2D eigenvalue weighted by Gasteiger charge is -2.32. The minimum atomic E-state index is 0.00219. The van der Waals surface area contributed by atoms with Crippen LogP contribution in [0.2, 0.25) is 0 Å². The van der Waals surface area contributed by atoms with Gasteiger partial charge in [-0.3, -0.25) is 9.69 Å². The van der Waals surface area contributed by atoms with Gasteiger partial charge in [0.25, 0.3) is 5.91 Å². The highest BCUT2D eigenvalue weighted by atomic mass is 32.1. The van der Waals surface area contributed by atoms with Gasteiger partial charge < -0.3 is 10.2 Å². The summed E-state index contributed by atoms with van der Waals surface area (Å²) in [5, 5.41) is 5.22. The molecule has 1 aliphatic rings. The first kappa shape index (κ1) is 17.4. The Hall–Kier alpha value is -2.02. The number of hydrogen-bond acceptors (Lipinski definition) is 5. The molecular weight excluding hydrogens is 344 g/mol. The average Bonchev–Trinajstić information content (AvgIpc) is 3.04. The number of likely N-dealkylation sites (N-methyl/N-ethyl adjacent to an activating group) is 1. The summed E-state index contributed by atoms with van der Waals surface area (Å²) in [6.07, 6.45) is 0. The molecule has 1 fully saturated rings. The van der Waals surface area contributed by atoms with Crippen LogP contribution in [0.5, 0.6) is 0 Å². The molecule has 26 heavy (non-hydrogen) atoms. The lowest BCUT2D eigenvalue weighted by atomic mass is 10.1. The molecule has 0 bridgehead atoms. The van der Waals surface area contributed by atoms with Crippen LogP contribution in [-0.4, -0.2) is 67.0 Å². The van der Waals surface area contributed by atoms with Crippen LogP contribution in [0.25, 0.3) is 21.1 Å². The third-order valence-electron chi connectivity index (χ3n) is 4.99. The van der Waals surface area contributed by atoms with Crippen molar-refractivity contribution >= 4 is 38.4 Å². The highest BCUT2D eigenvalue weighted by Crippen LogP contribution is 2.27.